The number of rotatable bonds is 50. The first kappa shape index (κ1) is 107. The van der Waals surface area contributed by atoms with E-state index in [1.165, 1.54) is 178 Å². The molecule has 694 valence electrons. The number of ether oxygens (including phenoxy) is 7. The van der Waals surface area contributed by atoms with Gasteiger partial charge in [-0.15, -0.1) is 0 Å². The molecule has 4 amide bonds. The highest BCUT2D eigenvalue weighted by Gasteiger charge is 2.51. The molecule has 5 unspecified atom stereocenters. The molecule has 2 aromatic rings. The highest BCUT2D eigenvalue weighted by atomic mass is 31.2. The molecule has 6 aliphatic heterocycles. The number of nitrogens with zero attached hydrogens (tertiary/aromatic N) is 4. The maximum absolute atomic E-state index is 12.1. The molecule has 36 nitrogen and oxygen atoms in total. The molecular weight excluding hydrogens is 1620 g/mol. The first-order valence-corrected chi connectivity index (χ1v) is 44.8. The number of aliphatic hydroxyl groups is 8. The number of unbranched alkanes of at least 4 members (excludes halogenated alkanes) is 25. The molecule has 17 atom stereocenters. The van der Waals surface area contributed by atoms with E-state index in [1.54, 1.807) is 42.9 Å². The van der Waals surface area contributed by atoms with E-state index in [4.69, 9.17) is 70.9 Å². The summed E-state index contributed by atoms with van der Waals surface area (Å²) < 4.78 is 55.7. The van der Waals surface area contributed by atoms with Crippen molar-refractivity contribution in [2.75, 3.05) is 26.4 Å². The number of esters is 3. The zero-order valence-electron chi connectivity index (χ0n) is 71.7. The number of carboxylic acids is 1. The average Bonchev–Trinajstić information content (AvgIpc) is 1.69. The van der Waals surface area contributed by atoms with Crippen LogP contribution in [-0.4, -0.2) is 215 Å². The maximum atomic E-state index is 12.1. The molecule has 2 aromatic heterocycles. The molecule has 0 bridgehead atoms. The number of aliphatic carboxylic acids is 1. The predicted molar refractivity (Wildman–Crippen MR) is 442 cm³/mol. The second-order valence-electron chi connectivity index (χ2n) is 31.2. The van der Waals surface area contributed by atoms with Crippen molar-refractivity contribution in [3.8, 4) is 0 Å². The van der Waals surface area contributed by atoms with Gasteiger partial charge in [0.15, 0.2) is 49.5 Å². The molecule has 0 saturated carbocycles. The number of hydrogen-bond acceptors (Lipinski definition) is 29. The number of allylic oxidation sites excluding steroid dienone is 4. The Labute approximate surface area is 721 Å². The molecular formula is C86H137N8O28P. The third-order valence-corrected chi connectivity index (χ3v) is 21.4. The van der Waals surface area contributed by atoms with Gasteiger partial charge in [-0.25, -0.2) is 0 Å². The summed E-state index contributed by atoms with van der Waals surface area (Å²) in [7, 11) is -4.97. The van der Waals surface area contributed by atoms with E-state index >= 15 is 0 Å². The van der Waals surface area contributed by atoms with Crippen molar-refractivity contribution in [3.05, 3.63) is 120 Å². The van der Waals surface area contributed by atoms with E-state index in [9.17, 15) is 83.9 Å². The summed E-state index contributed by atoms with van der Waals surface area (Å²) in [5.41, 5.74) is 22.2. The number of carbonyl (C=O) groups excluding carboxylic acids is 8. The Hall–Kier alpha value is -8.01. The summed E-state index contributed by atoms with van der Waals surface area (Å²) in [6.07, 6.45) is 38.2. The Morgan fingerprint density at radius 3 is 1.06 bits per heavy atom. The maximum Gasteiger partial charge on any atom is 0.305 e. The van der Waals surface area contributed by atoms with E-state index in [0.717, 1.165) is 77.6 Å². The van der Waals surface area contributed by atoms with Crippen LogP contribution in [0.1, 0.15) is 279 Å². The van der Waals surface area contributed by atoms with Gasteiger partial charge in [-0.05, 0) is 76.8 Å². The first-order valence-electron chi connectivity index (χ1n) is 43.3. The number of carbonyl (C=O) groups is 8. The number of primary amides is 4. The van der Waals surface area contributed by atoms with Crippen molar-refractivity contribution in [1.82, 2.24) is 9.80 Å². The first-order chi connectivity index (χ1) is 58.7. The van der Waals surface area contributed by atoms with Gasteiger partial charge in [0.2, 0.25) is 11.8 Å². The number of pyridine rings is 2. The minimum absolute atomic E-state index is 0.129. The van der Waals surface area contributed by atoms with Crippen LogP contribution in [0.25, 0.3) is 0 Å². The standard InChI is InChI=1S/C27H42N2O6.C25H42N2O6.C21H34N2O6.C11H15N2O8P.C2H4O2/c1-2-3-4-5-6-7-8-9-10-11-12-13-14-17-23(30)34-20-22-24(31)25(32)27(35-22)29-18-15-16-21(19-29)26(28)33;1-2-3-4-5-6-7-8-9-10-11-12-15-21(28)32-18-20-22(29)23(30)25(33-20)27-16-13-14-19(17-27)24(26)31;1-2-3-4-5-6-7-8-11-17(24)28-14-16-18(25)19(26)21(29-16)23-12-9-10-15(13-23)20(22)27;12-10(16)6-2-1-3-13(4-6)11-9(15)8(14)7(21-11)5-20-22(17,18)19;1-2(3)4/h7-8,15-16,18-19,22,24-25,27,31-32H,2-6,9-14,17,20H2,1H3,(H-,28,33);13,16-17,20,22-23,25,29-30H,2-12,14-15,18H2,1H3,(H2,26,31);9,12-13,16,18-19,21,25-26H,2-8,10-11,14H2,1H3,(H2,22,27);1-4,7-9,11,14-15H,5H2,(H3-,12,16,17,18,19);1H3,(H,3,4)/b8-7-;;;;/t22?,24-,25-,27-;20?,22-,23-,25-;16?,18-,19-,21-;7?,8-,9-,11-;/m1111./s1. The Morgan fingerprint density at radius 2 is 0.740 bits per heavy atom. The van der Waals surface area contributed by atoms with E-state index in [1.807, 2.05) is 0 Å². The quantitative estimate of drug-likeness (QED) is 0.0109. The second kappa shape index (κ2) is 59.8. The number of amides is 4. The van der Waals surface area contributed by atoms with Crippen LogP contribution in [0.15, 0.2) is 109 Å². The molecule has 8 rings (SSSR count). The zero-order valence-corrected chi connectivity index (χ0v) is 72.6. The van der Waals surface area contributed by atoms with Crippen LogP contribution in [0.4, 0.5) is 0 Å². The lowest BCUT2D eigenvalue weighted by Gasteiger charge is -2.28. The molecule has 8 heterocycles. The fourth-order valence-corrected chi connectivity index (χ4v) is 14.2. The summed E-state index contributed by atoms with van der Waals surface area (Å²) >= 11 is 0. The molecule has 17 N–H and O–H groups in total. The van der Waals surface area contributed by atoms with Gasteiger partial charge in [-0.3, -0.25) is 38.1 Å². The molecule has 37 heteroatoms. The normalized spacial score (nSPS) is 24.9. The highest BCUT2D eigenvalue weighted by molar-refractivity contribution is 7.44. The fraction of sp³-hybridized carbons (Fsp3) is 0.674. The van der Waals surface area contributed by atoms with Crippen molar-refractivity contribution >= 4 is 55.3 Å². The van der Waals surface area contributed by atoms with Gasteiger partial charge < -0.3 is 131 Å². The zero-order chi connectivity index (χ0) is 90.8. The largest absolute Gasteiger partial charge is 0.756 e. The Bertz CT molecular complexity index is 3690. The van der Waals surface area contributed by atoms with Crippen LogP contribution in [0.2, 0.25) is 0 Å². The summed E-state index contributed by atoms with van der Waals surface area (Å²) in [6.45, 7) is 6.55. The predicted octanol–water partition coefficient (Wildman–Crippen LogP) is 4.39. The Balaban J connectivity index is 0.000000342. The minimum Gasteiger partial charge on any atom is -0.756 e. The SMILES string of the molecule is CC(=O)[O-].CCCCCC/C=C\CCCCCCCC(=O)OCC1O[C@@H]([n+]2cccc(C(N)=O)c2)[C@H](O)[C@@H]1O.CCCCCCCCCC(=O)OCC1O[C@@H](N2C=CCC(C(N)=O)=C2)[C@H](O)[C@@H]1O.CCCCCCCCCCCCCC(=O)OCC1O[C@@H](N2C=CCC(C(N)=O)=C2)[C@H](O)[C@@H]1O.NC(=O)c1ccc[n+]([C@@H]2OC(COP(=O)([O-])O)[C@@H](O)[C@H]2O)c1. The Morgan fingerprint density at radius 1 is 0.447 bits per heavy atom. The van der Waals surface area contributed by atoms with Crippen molar-refractivity contribution in [3.63, 3.8) is 0 Å². The minimum atomic E-state index is -4.97. The van der Waals surface area contributed by atoms with Crippen LogP contribution < -0.4 is 42.1 Å². The van der Waals surface area contributed by atoms with E-state index in [0.29, 0.717) is 43.3 Å². The summed E-state index contributed by atoms with van der Waals surface area (Å²) in [4.78, 5) is 112. The van der Waals surface area contributed by atoms with E-state index in [-0.39, 0.29) is 48.9 Å². The van der Waals surface area contributed by atoms with Crippen molar-refractivity contribution in [2.24, 2.45) is 22.9 Å². The van der Waals surface area contributed by atoms with Crippen molar-refractivity contribution in [2.45, 2.75) is 344 Å². The number of nitrogens with two attached hydrogens (primary N) is 4. The van der Waals surface area contributed by atoms with Crippen LogP contribution in [0.3, 0.4) is 0 Å². The number of hydrogen-bond donors (Lipinski definition) is 13. The lowest BCUT2D eigenvalue weighted by molar-refractivity contribution is -0.766. The van der Waals surface area contributed by atoms with Gasteiger partial charge in [-0.1, -0.05) is 186 Å². The molecule has 123 heavy (non-hydrogen) atoms. The average molecular weight is 1760 g/mol. The van der Waals surface area contributed by atoms with Gasteiger partial charge in [-0.2, -0.15) is 9.13 Å². The van der Waals surface area contributed by atoms with Gasteiger partial charge in [0.1, 0.15) is 92.0 Å². The Kier molecular flexibility index (Phi) is 52.2. The summed E-state index contributed by atoms with van der Waals surface area (Å²) in [5, 5.41) is 90.5. The second-order valence-corrected chi connectivity index (χ2v) is 32.4. The monoisotopic (exact) mass is 1760 g/mol. The van der Waals surface area contributed by atoms with Crippen LogP contribution in [0.5, 0.6) is 0 Å². The van der Waals surface area contributed by atoms with Gasteiger partial charge in [0, 0.05) is 73.3 Å². The third-order valence-electron chi connectivity index (χ3n) is 21.0. The van der Waals surface area contributed by atoms with Gasteiger partial charge in [0.05, 0.1) is 6.61 Å². The van der Waals surface area contributed by atoms with Gasteiger partial charge >= 0.3 is 17.9 Å². The molecule has 0 aromatic carbocycles. The van der Waals surface area contributed by atoms with Crippen LogP contribution in [0, 0.1) is 0 Å². The molecule has 0 radical (unpaired) electrons. The topological polar surface area (TPSA) is 574 Å². The number of phosphoric acid groups is 1. The lowest BCUT2D eigenvalue weighted by Crippen LogP contribution is -2.46. The molecule has 4 fully saturated rings. The van der Waals surface area contributed by atoms with Crippen molar-refractivity contribution < 1.29 is 145 Å². The molecule has 4 saturated heterocycles. The number of aliphatic hydroxyl groups excluding tert-OH is 8. The smallest absolute Gasteiger partial charge is 0.305 e. The van der Waals surface area contributed by atoms with E-state index in [2.05, 4.69) is 37.4 Å². The third kappa shape index (κ3) is 41.3. The van der Waals surface area contributed by atoms with Gasteiger partial charge in [0.25, 0.3) is 32.1 Å². The molecule has 6 aliphatic rings. The fourth-order valence-electron chi connectivity index (χ4n) is 13.9. The van der Waals surface area contributed by atoms with E-state index < -0.39 is 142 Å². The number of carboxylic acid groups (broad SMARTS) is 1. The lowest BCUT2D eigenvalue weighted by atomic mass is 10.1. The van der Waals surface area contributed by atoms with Crippen LogP contribution in [-0.2, 0) is 71.0 Å². The molecule has 0 spiro atoms. The summed E-state index contributed by atoms with van der Waals surface area (Å²) in [6, 6.07) is 6.09. The highest BCUT2D eigenvalue weighted by Crippen LogP contribution is 2.35. The van der Waals surface area contributed by atoms with Crippen molar-refractivity contribution in [1.29, 1.82) is 0 Å². The van der Waals surface area contributed by atoms with Crippen LogP contribution >= 0.6 is 7.82 Å². The molecule has 0 aliphatic carbocycles. The number of aromatic nitrogens is 2. The summed E-state index contributed by atoms with van der Waals surface area (Å²) in [5.74, 6) is -4.48. The number of phosphoric ester groups is 1.